The summed E-state index contributed by atoms with van der Waals surface area (Å²) in [5, 5.41) is 10.0. The molecule has 0 radical (unpaired) electrons. The number of aliphatic hydroxyl groups is 1. The molecule has 0 unspecified atom stereocenters. The summed E-state index contributed by atoms with van der Waals surface area (Å²) in [6, 6.07) is 16.9. The Morgan fingerprint density at radius 2 is 1.90 bits per heavy atom. The highest BCUT2D eigenvalue weighted by Crippen LogP contribution is 2.21. The minimum Gasteiger partial charge on any atom is -0.388 e. The van der Waals surface area contributed by atoms with E-state index in [9.17, 15) is 9.90 Å². The van der Waals surface area contributed by atoms with Crippen LogP contribution in [0.3, 0.4) is 0 Å². The smallest absolute Gasteiger partial charge is 0.248 e. The second-order valence-electron chi connectivity index (χ2n) is 4.51. The van der Waals surface area contributed by atoms with Gasteiger partial charge < -0.3 is 10.8 Å². The van der Waals surface area contributed by atoms with Crippen LogP contribution in [0.5, 0.6) is 0 Å². The van der Waals surface area contributed by atoms with Crippen molar-refractivity contribution in [1.82, 2.24) is 0 Å². The Labute approximate surface area is 122 Å². The number of hydrogen-bond acceptors (Lipinski definition) is 3. The van der Waals surface area contributed by atoms with Crippen molar-refractivity contribution >= 4 is 17.7 Å². The molecule has 0 aliphatic carbocycles. The molecule has 0 heterocycles. The number of thioether (sulfide) groups is 1. The Bertz CT molecular complexity index is 572. The number of primary amides is 1. The maximum atomic E-state index is 11.1. The Balaban J connectivity index is 1.87. The lowest BCUT2D eigenvalue weighted by atomic mass is 10.1. The zero-order valence-electron chi connectivity index (χ0n) is 11.0. The van der Waals surface area contributed by atoms with Gasteiger partial charge in [-0.25, -0.2) is 0 Å². The summed E-state index contributed by atoms with van der Waals surface area (Å²) >= 11 is 1.63. The molecule has 104 valence electrons. The Hall–Kier alpha value is -1.78. The predicted octanol–water partition coefficient (Wildman–Crippen LogP) is 2.75. The monoisotopic (exact) mass is 287 g/mol. The van der Waals surface area contributed by atoms with Crippen molar-refractivity contribution in [3.63, 3.8) is 0 Å². The average Bonchev–Trinajstić information content (AvgIpc) is 2.48. The van der Waals surface area contributed by atoms with E-state index in [0.717, 1.165) is 16.9 Å². The van der Waals surface area contributed by atoms with Gasteiger partial charge in [-0.05, 0) is 23.3 Å². The topological polar surface area (TPSA) is 63.3 Å². The van der Waals surface area contributed by atoms with Gasteiger partial charge in [-0.2, -0.15) is 11.8 Å². The molecule has 0 aliphatic rings. The van der Waals surface area contributed by atoms with Gasteiger partial charge in [0.15, 0.2) is 0 Å². The SMILES string of the molecule is NC(=O)c1cccc(CSC[C@@H](O)c2ccccc2)c1. The number of amides is 1. The highest BCUT2D eigenvalue weighted by molar-refractivity contribution is 7.98. The highest BCUT2D eigenvalue weighted by Gasteiger charge is 2.07. The molecule has 2 aromatic carbocycles. The van der Waals surface area contributed by atoms with Crippen molar-refractivity contribution in [3.05, 3.63) is 71.3 Å². The third-order valence-electron chi connectivity index (χ3n) is 2.94. The van der Waals surface area contributed by atoms with Crippen LogP contribution in [-0.2, 0) is 5.75 Å². The lowest BCUT2D eigenvalue weighted by Crippen LogP contribution is -2.10. The maximum absolute atomic E-state index is 11.1. The Kier molecular flexibility index (Phi) is 5.21. The van der Waals surface area contributed by atoms with Crippen molar-refractivity contribution in [2.45, 2.75) is 11.9 Å². The minimum atomic E-state index is -0.472. The summed E-state index contributed by atoms with van der Waals surface area (Å²) in [5.74, 6) is 0.941. The number of aliphatic hydroxyl groups excluding tert-OH is 1. The number of rotatable bonds is 6. The van der Waals surface area contributed by atoms with Crippen molar-refractivity contribution in [1.29, 1.82) is 0 Å². The second-order valence-corrected chi connectivity index (χ2v) is 5.54. The van der Waals surface area contributed by atoms with Gasteiger partial charge in [-0.15, -0.1) is 0 Å². The second kappa shape index (κ2) is 7.12. The van der Waals surface area contributed by atoms with Crippen LogP contribution in [0, 0.1) is 0 Å². The van der Waals surface area contributed by atoms with Gasteiger partial charge in [0.1, 0.15) is 0 Å². The van der Waals surface area contributed by atoms with E-state index >= 15 is 0 Å². The first-order valence-electron chi connectivity index (χ1n) is 6.36. The molecule has 0 aromatic heterocycles. The highest BCUT2D eigenvalue weighted by atomic mass is 32.2. The van der Waals surface area contributed by atoms with Gasteiger partial charge in [0.05, 0.1) is 6.10 Å². The fraction of sp³-hybridized carbons (Fsp3) is 0.188. The van der Waals surface area contributed by atoms with Crippen LogP contribution in [0.1, 0.15) is 27.6 Å². The zero-order valence-corrected chi connectivity index (χ0v) is 11.8. The van der Waals surface area contributed by atoms with Gasteiger partial charge in [-0.3, -0.25) is 4.79 Å². The predicted molar refractivity (Wildman–Crippen MR) is 82.5 cm³/mol. The van der Waals surface area contributed by atoms with E-state index in [0.29, 0.717) is 11.3 Å². The molecule has 0 saturated heterocycles. The third-order valence-corrected chi connectivity index (χ3v) is 4.03. The quantitative estimate of drug-likeness (QED) is 0.858. The summed E-state index contributed by atoms with van der Waals surface area (Å²) in [6.45, 7) is 0. The fourth-order valence-corrected chi connectivity index (χ4v) is 2.82. The van der Waals surface area contributed by atoms with E-state index in [1.165, 1.54) is 0 Å². The molecule has 0 bridgehead atoms. The molecule has 0 spiro atoms. The van der Waals surface area contributed by atoms with Crippen molar-refractivity contribution in [2.24, 2.45) is 5.73 Å². The lowest BCUT2D eigenvalue weighted by Gasteiger charge is -2.10. The van der Waals surface area contributed by atoms with Crippen LogP contribution in [0.25, 0.3) is 0 Å². The van der Waals surface area contributed by atoms with Crippen molar-refractivity contribution in [3.8, 4) is 0 Å². The molecule has 20 heavy (non-hydrogen) atoms. The Morgan fingerprint density at radius 3 is 2.60 bits per heavy atom. The summed E-state index contributed by atoms with van der Waals surface area (Å²) in [6.07, 6.45) is -0.472. The van der Waals surface area contributed by atoms with Crippen molar-refractivity contribution < 1.29 is 9.90 Å². The molecule has 0 fully saturated rings. The molecule has 0 aliphatic heterocycles. The number of nitrogens with two attached hydrogens (primary N) is 1. The first-order chi connectivity index (χ1) is 9.66. The Morgan fingerprint density at radius 1 is 1.15 bits per heavy atom. The van der Waals surface area contributed by atoms with Gasteiger partial charge in [-0.1, -0.05) is 42.5 Å². The van der Waals surface area contributed by atoms with E-state index in [1.807, 2.05) is 42.5 Å². The molecule has 4 heteroatoms. The van der Waals surface area contributed by atoms with Crippen LogP contribution in [0.15, 0.2) is 54.6 Å². The van der Waals surface area contributed by atoms with Gasteiger partial charge in [0.2, 0.25) is 5.91 Å². The lowest BCUT2D eigenvalue weighted by molar-refractivity contribution is 0.1000. The number of hydrogen-bond donors (Lipinski definition) is 2. The molecule has 2 aromatic rings. The average molecular weight is 287 g/mol. The van der Waals surface area contributed by atoms with Crippen LogP contribution in [0.2, 0.25) is 0 Å². The van der Waals surface area contributed by atoms with Gasteiger partial charge in [0.25, 0.3) is 0 Å². The van der Waals surface area contributed by atoms with Crippen LogP contribution >= 0.6 is 11.8 Å². The van der Waals surface area contributed by atoms with E-state index in [4.69, 9.17) is 5.73 Å². The third kappa shape index (κ3) is 4.11. The van der Waals surface area contributed by atoms with E-state index in [2.05, 4.69) is 0 Å². The molecule has 2 rings (SSSR count). The van der Waals surface area contributed by atoms with Crippen LogP contribution < -0.4 is 5.73 Å². The first kappa shape index (κ1) is 14.6. The van der Waals surface area contributed by atoms with E-state index in [-0.39, 0.29) is 0 Å². The molecular weight excluding hydrogens is 270 g/mol. The van der Waals surface area contributed by atoms with Crippen LogP contribution in [0.4, 0.5) is 0 Å². The molecule has 0 saturated carbocycles. The molecule has 3 N–H and O–H groups in total. The minimum absolute atomic E-state index is 0.416. The number of carbonyl (C=O) groups is 1. The number of carbonyl (C=O) groups excluding carboxylic acids is 1. The summed E-state index contributed by atoms with van der Waals surface area (Å²) in [4.78, 5) is 11.1. The fourth-order valence-electron chi connectivity index (χ4n) is 1.87. The number of benzene rings is 2. The van der Waals surface area contributed by atoms with Crippen LogP contribution in [-0.4, -0.2) is 16.8 Å². The first-order valence-corrected chi connectivity index (χ1v) is 7.52. The molecule has 1 atom stereocenters. The van der Waals surface area contributed by atoms with E-state index in [1.54, 1.807) is 23.9 Å². The standard InChI is InChI=1S/C16H17NO2S/c17-16(19)14-8-4-5-12(9-14)10-20-11-15(18)13-6-2-1-3-7-13/h1-9,15,18H,10-11H2,(H2,17,19)/t15-/m1/s1. The molecular formula is C16H17NO2S. The maximum Gasteiger partial charge on any atom is 0.248 e. The summed E-state index contributed by atoms with van der Waals surface area (Å²) < 4.78 is 0. The van der Waals surface area contributed by atoms with Gasteiger partial charge >= 0.3 is 0 Å². The molecule has 1 amide bonds. The largest absolute Gasteiger partial charge is 0.388 e. The van der Waals surface area contributed by atoms with Gasteiger partial charge in [0, 0.05) is 17.1 Å². The summed E-state index contributed by atoms with van der Waals surface area (Å²) in [5.41, 5.74) is 7.73. The van der Waals surface area contributed by atoms with Crippen molar-refractivity contribution in [2.75, 3.05) is 5.75 Å². The molecule has 3 nitrogen and oxygen atoms in total. The summed E-state index contributed by atoms with van der Waals surface area (Å²) in [7, 11) is 0. The normalized spacial score (nSPS) is 12.1. The van der Waals surface area contributed by atoms with E-state index < -0.39 is 12.0 Å². The zero-order chi connectivity index (χ0) is 14.4.